The van der Waals surface area contributed by atoms with E-state index in [1.54, 1.807) is 13.0 Å². The molecule has 0 saturated carbocycles. The minimum atomic E-state index is -3.43. The van der Waals surface area contributed by atoms with Crippen molar-refractivity contribution in [3.8, 4) is 0 Å². The smallest absolute Gasteiger partial charge is 0.282 e. The van der Waals surface area contributed by atoms with Gasteiger partial charge in [0.25, 0.3) is 10.2 Å². The Kier molecular flexibility index (Phi) is 7.16. The van der Waals surface area contributed by atoms with Gasteiger partial charge < -0.3 is 9.84 Å². The van der Waals surface area contributed by atoms with Crippen LogP contribution in [-0.4, -0.2) is 78.3 Å². The number of hydrogen-bond donors (Lipinski definition) is 1. The first-order valence-electron chi connectivity index (χ1n) is 9.06. The summed E-state index contributed by atoms with van der Waals surface area (Å²) in [5.41, 5.74) is 0. The Labute approximate surface area is 155 Å². The Morgan fingerprint density at radius 1 is 1.27 bits per heavy atom. The molecule has 1 unspecified atom stereocenters. The lowest BCUT2D eigenvalue weighted by Crippen LogP contribution is -2.56. The number of carbonyl (C=O) groups is 1. The Hall–Kier alpha value is -1.49. The van der Waals surface area contributed by atoms with Gasteiger partial charge in [0.1, 0.15) is 5.76 Å². The van der Waals surface area contributed by atoms with Gasteiger partial charge >= 0.3 is 0 Å². The Balaban J connectivity index is 1.97. The highest BCUT2D eigenvalue weighted by molar-refractivity contribution is 7.86. The van der Waals surface area contributed by atoms with E-state index in [2.05, 4.69) is 10.5 Å². The third kappa shape index (κ3) is 4.61. The molecule has 9 nitrogen and oxygen atoms in total. The van der Waals surface area contributed by atoms with Crippen LogP contribution in [0.4, 0.5) is 5.82 Å². The molecule has 1 N–H and O–H groups in total. The Bertz CT molecular complexity index is 693. The molecule has 10 heteroatoms. The molecule has 2 rings (SSSR count). The number of nitrogens with zero attached hydrogens (tertiary/aromatic N) is 4. The minimum Gasteiger partial charge on any atom is -0.360 e. The van der Waals surface area contributed by atoms with E-state index in [0.29, 0.717) is 57.3 Å². The quantitative estimate of drug-likeness (QED) is 0.712. The van der Waals surface area contributed by atoms with Crippen molar-refractivity contribution in [2.75, 3.05) is 44.6 Å². The molecule has 0 aliphatic carbocycles. The average molecular weight is 388 g/mol. The second kappa shape index (κ2) is 8.94. The molecule has 1 saturated heterocycles. The number of nitrogens with one attached hydrogen (secondary N) is 1. The SMILES string of the molecule is CCC(C(=O)Nc1cc(C)on1)N1CCN(S(=O)(=O)N(CC)CC)CC1. The minimum absolute atomic E-state index is 0.152. The summed E-state index contributed by atoms with van der Waals surface area (Å²) >= 11 is 0. The molecular weight excluding hydrogens is 358 g/mol. The van der Waals surface area contributed by atoms with Crippen molar-refractivity contribution in [2.45, 2.75) is 40.2 Å². The van der Waals surface area contributed by atoms with Crippen LogP contribution in [0.15, 0.2) is 10.6 Å². The molecule has 2 heterocycles. The van der Waals surface area contributed by atoms with Gasteiger partial charge in [0.2, 0.25) is 5.91 Å². The molecule has 1 aliphatic heterocycles. The molecule has 1 aromatic heterocycles. The number of rotatable bonds is 8. The summed E-state index contributed by atoms with van der Waals surface area (Å²) < 4.78 is 33.1. The average Bonchev–Trinajstić information content (AvgIpc) is 3.01. The summed E-state index contributed by atoms with van der Waals surface area (Å²) in [6, 6.07) is 1.34. The van der Waals surface area contributed by atoms with Gasteiger partial charge in [0.05, 0.1) is 6.04 Å². The number of piperazine rings is 1. The lowest BCUT2D eigenvalue weighted by molar-refractivity contribution is -0.121. The molecule has 148 valence electrons. The number of anilines is 1. The Morgan fingerprint density at radius 3 is 2.35 bits per heavy atom. The highest BCUT2D eigenvalue weighted by Crippen LogP contribution is 2.16. The topological polar surface area (TPSA) is 99.0 Å². The second-order valence-electron chi connectivity index (χ2n) is 6.26. The lowest BCUT2D eigenvalue weighted by atomic mass is 10.1. The second-order valence-corrected chi connectivity index (χ2v) is 8.19. The van der Waals surface area contributed by atoms with Crippen LogP contribution in [0.5, 0.6) is 0 Å². The summed E-state index contributed by atoms with van der Waals surface area (Å²) in [5, 5.41) is 6.55. The van der Waals surface area contributed by atoms with Gasteiger partial charge in [-0.3, -0.25) is 9.69 Å². The van der Waals surface area contributed by atoms with Gasteiger partial charge in [-0.05, 0) is 13.3 Å². The van der Waals surface area contributed by atoms with E-state index >= 15 is 0 Å². The fourth-order valence-corrected chi connectivity index (χ4v) is 4.81. The fraction of sp³-hybridized carbons (Fsp3) is 0.750. The molecule has 0 spiro atoms. The molecule has 1 aliphatic rings. The Morgan fingerprint density at radius 2 is 1.88 bits per heavy atom. The summed E-state index contributed by atoms with van der Waals surface area (Å²) in [5.74, 6) is 0.873. The standard InChI is InChI=1S/C16H29N5O4S/c1-5-14(16(22)17-15-12-13(4)25-18-15)19-8-10-21(11-9-19)26(23,24)20(6-2)7-3/h12,14H,5-11H2,1-4H3,(H,17,18,22). The summed E-state index contributed by atoms with van der Waals surface area (Å²) in [6.45, 7) is 10.1. The van der Waals surface area contributed by atoms with Crippen molar-refractivity contribution >= 4 is 21.9 Å². The summed E-state index contributed by atoms with van der Waals surface area (Å²) in [7, 11) is -3.43. The van der Waals surface area contributed by atoms with Gasteiger partial charge in [0.15, 0.2) is 5.82 Å². The van der Waals surface area contributed by atoms with Crippen molar-refractivity contribution in [3.05, 3.63) is 11.8 Å². The number of amides is 1. The van der Waals surface area contributed by atoms with Crippen LogP contribution in [0.1, 0.15) is 33.0 Å². The largest absolute Gasteiger partial charge is 0.360 e. The van der Waals surface area contributed by atoms with Crippen molar-refractivity contribution < 1.29 is 17.7 Å². The molecule has 0 bridgehead atoms. The maximum Gasteiger partial charge on any atom is 0.282 e. The highest BCUT2D eigenvalue weighted by Gasteiger charge is 2.34. The number of hydrogen-bond acceptors (Lipinski definition) is 6. The zero-order valence-corrected chi connectivity index (χ0v) is 16.8. The van der Waals surface area contributed by atoms with Gasteiger partial charge in [-0.25, -0.2) is 0 Å². The van der Waals surface area contributed by atoms with E-state index in [4.69, 9.17) is 4.52 Å². The van der Waals surface area contributed by atoms with E-state index in [9.17, 15) is 13.2 Å². The van der Waals surface area contributed by atoms with Crippen LogP contribution >= 0.6 is 0 Å². The van der Waals surface area contributed by atoms with Crippen molar-refractivity contribution in [2.24, 2.45) is 0 Å². The molecular formula is C16H29N5O4S. The molecule has 1 aromatic rings. The van der Waals surface area contributed by atoms with E-state index < -0.39 is 10.2 Å². The van der Waals surface area contributed by atoms with E-state index in [1.165, 1.54) is 8.61 Å². The fourth-order valence-electron chi connectivity index (χ4n) is 3.20. The van der Waals surface area contributed by atoms with E-state index in [1.807, 2.05) is 25.7 Å². The maximum atomic E-state index is 12.6. The van der Waals surface area contributed by atoms with Crippen LogP contribution in [0, 0.1) is 6.92 Å². The zero-order chi connectivity index (χ0) is 19.3. The number of aromatic nitrogens is 1. The van der Waals surface area contributed by atoms with E-state index in [-0.39, 0.29) is 11.9 Å². The third-order valence-electron chi connectivity index (χ3n) is 4.64. The monoisotopic (exact) mass is 387 g/mol. The summed E-state index contributed by atoms with van der Waals surface area (Å²) in [6.07, 6.45) is 0.630. The van der Waals surface area contributed by atoms with Gasteiger partial charge in [-0.1, -0.05) is 25.9 Å². The van der Waals surface area contributed by atoms with E-state index in [0.717, 1.165) is 0 Å². The van der Waals surface area contributed by atoms with Crippen LogP contribution < -0.4 is 5.32 Å². The van der Waals surface area contributed by atoms with Crippen LogP contribution in [0.25, 0.3) is 0 Å². The molecule has 1 fully saturated rings. The number of aryl methyl sites for hydroxylation is 1. The van der Waals surface area contributed by atoms with Crippen LogP contribution in [-0.2, 0) is 15.0 Å². The van der Waals surface area contributed by atoms with Gasteiger partial charge in [-0.15, -0.1) is 0 Å². The normalized spacial score (nSPS) is 18.2. The van der Waals surface area contributed by atoms with Crippen LogP contribution in [0.3, 0.4) is 0 Å². The molecule has 0 aromatic carbocycles. The molecule has 1 amide bonds. The first-order valence-corrected chi connectivity index (χ1v) is 10.5. The van der Waals surface area contributed by atoms with Crippen molar-refractivity contribution in [1.82, 2.24) is 18.7 Å². The molecule has 1 atom stereocenters. The number of carbonyl (C=O) groups excluding carboxylic acids is 1. The zero-order valence-electron chi connectivity index (χ0n) is 15.9. The van der Waals surface area contributed by atoms with Crippen LogP contribution in [0.2, 0.25) is 0 Å². The van der Waals surface area contributed by atoms with Crippen molar-refractivity contribution in [1.29, 1.82) is 0 Å². The first kappa shape index (κ1) is 20.8. The molecule has 26 heavy (non-hydrogen) atoms. The van der Waals surface area contributed by atoms with Gasteiger partial charge in [0, 0.05) is 45.3 Å². The predicted molar refractivity (Wildman–Crippen MR) is 98.9 cm³/mol. The lowest BCUT2D eigenvalue weighted by Gasteiger charge is -2.39. The highest BCUT2D eigenvalue weighted by atomic mass is 32.2. The van der Waals surface area contributed by atoms with Gasteiger partial charge in [-0.2, -0.15) is 17.0 Å². The third-order valence-corrected chi connectivity index (χ3v) is 6.83. The molecule has 0 radical (unpaired) electrons. The predicted octanol–water partition coefficient (Wildman–Crippen LogP) is 0.904. The summed E-state index contributed by atoms with van der Waals surface area (Å²) in [4.78, 5) is 14.6. The first-order chi connectivity index (χ1) is 12.3. The maximum absolute atomic E-state index is 12.6. The van der Waals surface area contributed by atoms with Crippen molar-refractivity contribution in [3.63, 3.8) is 0 Å².